The van der Waals surface area contributed by atoms with E-state index in [-0.39, 0.29) is 57.4 Å². The fourth-order valence-corrected chi connectivity index (χ4v) is 12.1. The van der Waals surface area contributed by atoms with Gasteiger partial charge in [0.15, 0.2) is 7.14 Å². The minimum absolute atomic E-state index is 0.124. The SMILES string of the molecule is CC(C)(C)OC(=O)n1cccc1.COC(=O)c1ccc([I+]c2ccccc2)c([Si](C)(C)C)c1.COC(=O)c1ccc2c(c1)C1C=CC2N1C(=O)OC(C)(C)C. The highest BCUT2D eigenvalue weighted by molar-refractivity contribution is 6.88. The molecule has 2 unspecified atom stereocenters. The van der Waals surface area contributed by atoms with Gasteiger partial charge in [0.1, 0.15) is 11.2 Å². The van der Waals surface area contributed by atoms with Gasteiger partial charge >= 0.3 is 45.3 Å². The summed E-state index contributed by atoms with van der Waals surface area (Å²) in [6.45, 7) is 18.0. The number of aromatic nitrogens is 1. The summed E-state index contributed by atoms with van der Waals surface area (Å²) in [6.07, 6.45) is 6.60. The average molecular weight is 880 g/mol. The highest BCUT2D eigenvalue weighted by Gasteiger charge is 2.45. The Morgan fingerprint density at radius 2 is 1.15 bits per heavy atom. The molecule has 3 heterocycles. The number of nitrogens with zero attached hydrogens (tertiary/aromatic N) is 2. The van der Waals surface area contributed by atoms with Crippen molar-refractivity contribution in [3.63, 3.8) is 0 Å². The van der Waals surface area contributed by atoms with E-state index in [1.165, 1.54) is 31.1 Å². The number of methoxy groups -OCH3 is 2. The number of benzene rings is 3. The normalized spacial score (nSPS) is 15.4. The van der Waals surface area contributed by atoms with Crippen molar-refractivity contribution in [3.8, 4) is 0 Å². The molecule has 3 aromatic carbocycles. The Bertz CT molecular complexity index is 2010. The molecule has 0 fully saturated rings. The summed E-state index contributed by atoms with van der Waals surface area (Å²) < 4.78 is 24.4. The fraction of sp³-hybridized carbons (Fsp3) is 0.349. The molecular weight excluding hydrogens is 827 g/mol. The summed E-state index contributed by atoms with van der Waals surface area (Å²) in [5.74, 6) is -0.627. The number of ether oxygens (including phenoxy) is 4. The van der Waals surface area contributed by atoms with Crippen LogP contribution in [0.25, 0.3) is 0 Å². The number of esters is 2. The number of halogens is 1. The first kappa shape index (κ1) is 43.0. The van der Waals surface area contributed by atoms with Crippen molar-refractivity contribution in [1.29, 1.82) is 0 Å². The second-order valence-corrected chi connectivity index (χ2v) is 23.9. The van der Waals surface area contributed by atoms with Gasteiger partial charge in [-0.05, 0) is 112 Å². The van der Waals surface area contributed by atoms with E-state index in [1.807, 2.05) is 71.9 Å². The predicted molar refractivity (Wildman–Crippen MR) is 211 cm³/mol. The molecule has 6 rings (SSSR count). The molecule has 1 amide bonds. The Labute approximate surface area is 336 Å². The van der Waals surface area contributed by atoms with E-state index >= 15 is 0 Å². The summed E-state index contributed by atoms with van der Waals surface area (Å²) in [6, 6.07) is 25.3. The molecule has 0 spiro atoms. The van der Waals surface area contributed by atoms with Crippen LogP contribution in [0.2, 0.25) is 19.6 Å². The van der Waals surface area contributed by atoms with Gasteiger partial charge in [-0.3, -0.25) is 9.47 Å². The van der Waals surface area contributed by atoms with Crippen molar-refractivity contribution in [2.45, 2.75) is 84.5 Å². The molecule has 55 heavy (non-hydrogen) atoms. The molecule has 0 saturated heterocycles. The molecule has 4 aromatic rings. The van der Waals surface area contributed by atoms with Crippen LogP contribution in [0.3, 0.4) is 0 Å². The Morgan fingerprint density at radius 3 is 1.67 bits per heavy atom. The largest absolute Gasteiger partial charge is 0.465 e. The van der Waals surface area contributed by atoms with Crippen LogP contribution in [0.15, 0.2) is 103 Å². The van der Waals surface area contributed by atoms with Crippen molar-refractivity contribution in [2.75, 3.05) is 14.2 Å². The lowest BCUT2D eigenvalue weighted by atomic mass is 9.95. The van der Waals surface area contributed by atoms with Crippen molar-refractivity contribution in [3.05, 3.63) is 133 Å². The molecule has 10 nitrogen and oxygen atoms in total. The average Bonchev–Trinajstić information content (AvgIpc) is 3.88. The van der Waals surface area contributed by atoms with E-state index in [1.54, 1.807) is 41.6 Å². The minimum Gasteiger partial charge on any atom is -0.465 e. The van der Waals surface area contributed by atoms with E-state index in [4.69, 9.17) is 18.9 Å². The Kier molecular flexibility index (Phi) is 14.0. The summed E-state index contributed by atoms with van der Waals surface area (Å²) in [5.41, 5.74) is 2.18. The van der Waals surface area contributed by atoms with E-state index in [0.29, 0.717) is 11.1 Å². The van der Waals surface area contributed by atoms with E-state index in [9.17, 15) is 19.2 Å². The van der Waals surface area contributed by atoms with Crippen LogP contribution in [-0.2, 0) is 18.9 Å². The van der Waals surface area contributed by atoms with E-state index < -0.39 is 19.3 Å². The quantitative estimate of drug-likeness (QED) is 0.0815. The maximum atomic E-state index is 12.4. The van der Waals surface area contributed by atoms with Crippen LogP contribution in [0.5, 0.6) is 0 Å². The third-order valence-corrected chi connectivity index (χ3v) is 13.6. The highest BCUT2D eigenvalue weighted by Crippen LogP contribution is 2.49. The van der Waals surface area contributed by atoms with Crippen LogP contribution >= 0.6 is 0 Å². The van der Waals surface area contributed by atoms with Crippen LogP contribution in [-0.4, -0.2) is 67.1 Å². The van der Waals surface area contributed by atoms with Crippen LogP contribution in [0, 0.1) is 7.14 Å². The smallest absolute Gasteiger partial charge is 0.418 e. The lowest BCUT2D eigenvalue weighted by molar-refractivity contribution is -0.596. The van der Waals surface area contributed by atoms with Gasteiger partial charge in [0.25, 0.3) is 0 Å². The third-order valence-electron chi connectivity index (χ3n) is 8.17. The number of rotatable bonds is 5. The highest BCUT2D eigenvalue weighted by atomic mass is 127. The number of carbonyl (C=O) groups is 4. The molecule has 0 radical (unpaired) electrons. The Balaban J connectivity index is 0.000000192. The third kappa shape index (κ3) is 11.7. The van der Waals surface area contributed by atoms with Crippen molar-refractivity contribution < 1.29 is 59.3 Å². The summed E-state index contributed by atoms with van der Waals surface area (Å²) in [4.78, 5) is 48.8. The van der Waals surface area contributed by atoms with Crippen molar-refractivity contribution in [2.24, 2.45) is 0 Å². The number of carbonyl (C=O) groups excluding carboxylic acids is 4. The zero-order valence-electron chi connectivity index (χ0n) is 33.5. The predicted octanol–water partition coefficient (Wildman–Crippen LogP) is 5.79. The van der Waals surface area contributed by atoms with Gasteiger partial charge in [0.2, 0.25) is 0 Å². The molecule has 0 aliphatic carbocycles. The maximum Gasteiger partial charge on any atom is 0.418 e. The molecule has 2 atom stereocenters. The fourth-order valence-electron chi connectivity index (χ4n) is 5.76. The molecular formula is C43H52IN2O8Si+. The Morgan fingerprint density at radius 1 is 0.636 bits per heavy atom. The molecule has 2 aliphatic heterocycles. The van der Waals surface area contributed by atoms with E-state index in [0.717, 1.165) is 11.1 Å². The number of hydrogen-bond donors (Lipinski definition) is 0. The first-order valence-electron chi connectivity index (χ1n) is 17.9. The number of fused-ring (bicyclic) bond motifs is 5. The molecule has 12 heteroatoms. The van der Waals surface area contributed by atoms with Gasteiger partial charge in [0.05, 0.1) is 45.5 Å². The number of amides is 1. The van der Waals surface area contributed by atoms with Gasteiger partial charge in [-0.15, -0.1) is 0 Å². The molecule has 2 bridgehead atoms. The lowest BCUT2D eigenvalue weighted by Crippen LogP contribution is -3.62. The first-order chi connectivity index (χ1) is 25.7. The van der Waals surface area contributed by atoms with Gasteiger partial charge in [-0.1, -0.05) is 56.1 Å². The van der Waals surface area contributed by atoms with Crippen LogP contribution < -0.4 is 26.4 Å². The minimum atomic E-state index is -1.50. The summed E-state index contributed by atoms with van der Waals surface area (Å²) in [7, 11) is 1.29. The van der Waals surface area contributed by atoms with Crippen LogP contribution in [0.1, 0.15) is 85.5 Å². The van der Waals surface area contributed by atoms with Gasteiger partial charge in [0, 0.05) is 12.4 Å². The monoisotopic (exact) mass is 879 g/mol. The molecule has 2 aliphatic rings. The molecule has 1 aromatic heterocycles. The topological polar surface area (TPSA) is 113 Å². The summed E-state index contributed by atoms with van der Waals surface area (Å²) in [5, 5.41) is 1.38. The first-order valence-corrected chi connectivity index (χ1v) is 23.6. The van der Waals surface area contributed by atoms with Gasteiger partial charge in [-0.2, -0.15) is 0 Å². The van der Waals surface area contributed by atoms with Crippen molar-refractivity contribution >= 4 is 37.4 Å². The Hall–Kier alpha value is -4.69. The molecule has 0 saturated carbocycles. The van der Waals surface area contributed by atoms with Crippen LogP contribution in [0.4, 0.5) is 9.59 Å². The second-order valence-electron chi connectivity index (χ2n) is 15.9. The van der Waals surface area contributed by atoms with Crippen molar-refractivity contribution in [1.82, 2.24) is 9.47 Å². The van der Waals surface area contributed by atoms with Gasteiger partial charge in [-0.25, -0.2) is 19.2 Å². The second kappa shape index (κ2) is 17.8. The molecule has 0 N–H and O–H groups in total. The zero-order valence-corrected chi connectivity index (χ0v) is 36.7. The number of hydrogen-bond acceptors (Lipinski definition) is 8. The van der Waals surface area contributed by atoms with E-state index in [2.05, 4.69) is 56.0 Å². The summed E-state index contributed by atoms with van der Waals surface area (Å²) >= 11 is -0.213. The van der Waals surface area contributed by atoms with Gasteiger partial charge < -0.3 is 18.9 Å². The molecule has 292 valence electrons. The zero-order chi connectivity index (χ0) is 40.7. The standard InChI is InChI=1S/C17H20IO2Si.C17H19NO4.C9H13NO2/c1-20-17(19)13-10-11-15(16(12-13)21(2,3)4)18-14-8-6-5-7-9-14;1-17(2,3)22-16(20)18-13-7-8-14(18)12-9-10(15(19)21-4)5-6-11(12)13;1-9(2,3)12-8(11)10-6-4-5-7-10/h5-12H,1-4H3;5-9,13-14H,1-4H3;4-7H,1-3H3/q+1;;. The lowest BCUT2D eigenvalue weighted by Gasteiger charge is -2.27. The maximum absolute atomic E-state index is 12.4.